The largest absolute Gasteiger partial charge is 0.340 e. The molecule has 2 fully saturated rings. The number of allylic oxidation sites excluding steroid dienone is 1. The maximum absolute atomic E-state index is 12.0. The summed E-state index contributed by atoms with van der Waals surface area (Å²) in [5.74, 6) is 0.402. The first-order valence-electron chi connectivity index (χ1n) is 9.05. The van der Waals surface area contributed by atoms with E-state index in [0.717, 1.165) is 19.4 Å². The van der Waals surface area contributed by atoms with Gasteiger partial charge in [-0.1, -0.05) is 25.0 Å². The standard InChI is InChI=1S/C18H30N2O/c21-18-11-7-14-20(18)17-10-6-13-19(15-12-17)16-8-4-2-1-3-5-9-16/h4,8,16-17H,1-3,5-7,9-15H2/b8-4-. The molecule has 0 aromatic heterocycles. The van der Waals surface area contributed by atoms with Gasteiger partial charge in [0.05, 0.1) is 0 Å². The van der Waals surface area contributed by atoms with Crippen molar-refractivity contribution < 1.29 is 4.79 Å². The van der Waals surface area contributed by atoms with E-state index in [1.165, 1.54) is 64.5 Å². The molecular formula is C18H30N2O. The number of hydrogen-bond donors (Lipinski definition) is 0. The van der Waals surface area contributed by atoms with Gasteiger partial charge in [-0.2, -0.15) is 0 Å². The lowest BCUT2D eigenvalue weighted by Gasteiger charge is -2.30. The fraction of sp³-hybridized carbons (Fsp3) is 0.833. The highest BCUT2D eigenvalue weighted by Gasteiger charge is 2.30. The van der Waals surface area contributed by atoms with Crippen molar-refractivity contribution in [3.63, 3.8) is 0 Å². The SMILES string of the molecule is O=C1CCCN1C1CCCN(C2/C=C\CCCCC2)CC1. The van der Waals surface area contributed by atoms with Crippen LogP contribution in [-0.2, 0) is 4.79 Å². The monoisotopic (exact) mass is 290 g/mol. The molecule has 0 radical (unpaired) electrons. The zero-order valence-electron chi connectivity index (χ0n) is 13.3. The average molecular weight is 290 g/mol. The van der Waals surface area contributed by atoms with Gasteiger partial charge >= 0.3 is 0 Å². The number of rotatable bonds is 2. The van der Waals surface area contributed by atoms with Crippen LogP contribution in [0.15, 0.2) is 12.2 Å². The molecule has 0 N–H and O–H groups in total. The summed E-state index contributed by atoms with van der Waals surface area (Å²) in [4.78, 5) is 16.8. The Morgan fingerprint density at radius 3 is 2.71 bits per heavy atom. The molecule has 3 heteroatoms. The van der Waals surface area contributed by atoms with Crippen molar-refractivity contribution in [1.29, 1.82) is 0 Å². The minimum atomic E-state index is 0.402. The molecule has 2 saturated heterocycles. The third-order valence-corrected chi connectivity index (χ3v) is 5.48. The normalized spacial score (nSPS) is 34.3. The fourth-order valence-electron chi connectivity index (χ4n) is 4.25. The van der Waals surface area contributed by atoms with Crippen molar-refractivity contribution in [1.82, 2.24) is 9.80 Å². The quantitative estimate of drug-likeness (QED) is 0.728. The molecule has 3 rings (SSSR count). The molecular weight excluding hydrogens is 260 g/mol. The predicted molar refractivity (Wildman–Crippen MR) is 86.2 cm³/mol. The molecule has 21 heavy (non-hydrogen) atoms. The van der Waals surface area contributed by atoms with Crippen LogP contribution in [0.1, 0.15) is 64.2 Å². The van der Waals surface area contributed by atoms with E-state index in [0.29, 0.717) is 18.0 Å². The molecule has 2 heterocycles. The van der Waals surface area contributed by atoms with Crippen molar-refractivity contribution in [2.75, 3.05) is 19.6 Å². The van der Waals surface area contributed by atoms with Gasteiger partial charge in [-0.05, 0) is 51.5 Å². The molecule has 0 aromatic rings. The van der Waals surface area contributed by atoms with E-state index in [4.69, 9.17) is 0 Å². The Kier molecular flexibility index (Phi) is 5.34. The Balaban J connectivity index is 1.57. The summed E-state index contributed by atoms with van der Waals surface area (Å²) >= 11 is 0. The van der Waals surface area contributed by atoms with E-state index in [9.17, 15) is 4.79 Å². The molecule has 2 aliphatic heterocycles. The second-order valence-corrected chi connectivity index (χ2v) is 6.94. The average Bonchev–Trinajstić information content (AvgIpc) is 2.72. The fourth-order valence-corrected chi connectivity index (χ4v) is 4.25. The van der Waals surface area contributed by atoms with Crippen LogP contribution >= 0.6 is 0 Å². The van der Waals surface area contributed by atoms with Crippen molar-refractivity contribution in [2.45, 2.75) is 76.3 Å². The first-order valence-corrected chi connectivity index (χ1v) is 9.05. The molecule has 3 aliphatic rings. The molecule has 0 spiro atoms. The highest BCUT2D eigenvalue weighted by molar-refractivity contribution is 5.78. The lowest BCUT2D eigenvalue weighted by Crippen LogP contribution is -2.38. The van der Waals surface area contributed by atoms with Gasteiger partial charge in [-0.3, -0.25) is 9.69 Å². The van der Waals surface area contributed by atoms with Crippen LogP contribution in [0.25, 0.3) is 0 Å². The molecule has 2 unspecified atom stereocenters. The highest BCUT2D eigenvalue weighted by atomic mass is 16.2. The number of hydrogen-bond acceptors (Lipinski definition) is 2. The second-order valence-electron chi connectivity index (χ2n) is 6.94. The number of nitrogens with zero attached hydrogens (tertiary/aromatic N) is 2. The van der Waals surface area contributed by atoms with Crippen LogP contribution in [0.5, 0.6) is 0 Å². The summed E-state index contributed by atoms with van der Waals surface area (Å²) in [7, 11) is 0. The highest BCUT2D eigenvalue weighted by Crippen LogP contribution is 2.25. The van der Waals surface area contributed by atoms with Crippen LogP contribution in [0.2, 0.25) is 0 Å². The number of carbonyl (C=O) groups excluding carboxylic acids is 1. The Morgan fingerprint density at radius 1 is 0.905 bits per heavy atom. The smallest absolute Gasteiger partial charge is 0.222 e. The van der Waals surface area contributed by atoms with E-state index in [1.807, 2.05) is 0 Å². The third kappa shape index (κ3) is 3.88. The molecule has 0 bridgehead atoms. The van der Waals surface area contributed by atoms with Crippen LogP contribution in [-0.4, -0.2) is 47.4 Å². The second kappa shape index (κ2) is 7.44. The van der Waals surface area contributed by atoms with Crippen molar-refractivity contribution >= 4 is 5.91 Å². The molecule has 2 atom stereocenters. The van der Waals surface area contributed by atoms with Crippen LogP contribution in [0.3, 0.4) is 0 Å². The molecule has 1 amide bonds. The van der Waals surface area contributed by atoms with E-state index in [1.54, 1.807) is 0 Å². The zero-order valence-corrected chi connectivity index (χ0v) is 13.3. The first-order chi connectivity index (χ1) is 10.3. The molecule has 0 saturated carbocycles. The summed E-state index contributed by atoms with van der Waals surface area (Å²) in [5, 5.41) is 0. The van der Waals surface area contributed by atoms with Gasteiger partial charge in [0, 0.05) is 31.6 Å². The first kappa shape index (κ1) is 15.1. The van der Waals surface area contributed by atoms with Gasteiger partial charge in [-0.15, -0.1) is 0 Å². The van der Waals surface area contributed by atoms with Gasteiger partial charge in [0.25, 0.3) is 0 Å². The summed E-state index contributed by atoms with van der Waals surface area (Å²) in [6.07, 6.45) is 17.1. The van der Waals surface area contributed by atoms with Crippen LogP contribution < -0.4 is 0 Å². The Labute approximate surface area is 129 Å². The van der Waals surface area contributed by atoms with Crippen molar-refractivity contribution in [2.24, 2.45) is 0 Å². The van der Waals surface area contributed by atoms with Crippen LogP contribution in [0.4, 0.5) is 0 Å². The molecule has 0 aromatic carbocycles. The molecule has 3 nitrogen and oxygen atoms in total. The number of amides is 1. The summed E-state index contributed by atoms with van der Waals surface area (Å²) in [6, 6.07) is 1.17. The van der Waals surface area contributed by atoms with Crippen LogP contribution in [0, 0.1) is 0 Å². The van der Waals surface area contributed by atoms with Crippen molar-refractivity contribution in [3.05, 3.63) is 12.2 Å². The molecule has 1 aliphatic carbocycles. The molecule has 118 valence electrons. The van der Waals surface area contributed by atoms with Gasteiger partial charge in [0.15, 0.2) is 0 Å². The predicted octanol–water partition coefficient (Wildman–Crippen LogP) is 3.35. The van der Waals surface area contributed by atoms with Gasteiger partial charge in [-0.25, -0.2) is 0 Å². The topological polar surface area (TPSA) is 23.6 Å². The lowest BCUT2D eigenvalue weighted by atomic mass is 10.0. The van der Waals surface area contributed by atoms with E-state index in [2.05, 4.69) is 22.0 Å². The maximum Gasteiger partial charge on any atom is 0.222 e. The minimum absolute atomic E-state index is 0.402. The minimum Gasteiger partial charge on any atom is -0.340 e. The Morgan fingerprint density at radius 2 is 1.86 bits per heavy atom. The number of likely N-dealkylation sites (tertiary alicyclic amines) is 2. The summed E-state index contributed by atoms with van der Waals surface area (Å²) in [5.41, 5.74) is 0. The third-order valence-electron chi connectivity index (χ3n) is 5.48. The van der Waals surface area contributed by atoms with E-state index >= 15 is 0 Å². The van der Waals surface area contributed by atoms with E-state index in [-0.39, 0.29) is 0 Å². The van der Waals surface area contributed by atoms with E-state index < -0.39 is 0 Å². The van der Waals surface area contributed by atoms with Gasteiger partial charge in [0.1, 0.15) is 0 Å². The summed E-state index contributed by atoms with van der Waals surface area (Å²) < 4.78 is 0. The van der Waals surface area contributed by atoms with Gasteiger partial charge < -0.3 is 4.90 Å². The van der Waals surface area contributed by atoms with Crippen molar-refractivity contribution in [3.8, 4) is 0 Å². The Bertz CT molecular complexity index is 379. The maximum atomic E-state index is 12.0. The lowest BCUT2D eigenvalue weighted by molar-refractivity contribution is -0.129. The number of carbonyl (C=O) groups is 1. The Hall–Kier alpha value is -0.830. The van der Waals surface area contributed by atoms with Gasteiger partial charge in [0.2, 0.25) is 5.91 Å². The zero-order chi connectivity index (χ0) is 14.5. The summed E-state index contributed by atoms with van der Waals surface area (Å²) in [6.45, 7) is 3.39.